The van der Waals surface area contributed by atoms with Gasteiger partial charge in [0.25, 0.3) is 6.43 Å². The van der Waals surface area contributed by atoms with Crippen LogP contribution in [0.2, 0.25) is 0 Å². The van der Waals surface area contributed by atoms with Crippen molar-refractivity contribution in [2.24, 2.45) is 0 Å². The highest BCUT2D eigenvalue weighted by Crippen LogP contribution is 2.10. The van der Waals surface area contributed by atoms with Crippen molar-refractivity contribution >= 4 is 5.69 Å². The van der Waals surface area contributed by atoms with Gasteiger partial charge in [-0.05, 0) is 19.5 Å². The lowest BCUT2D eigenvalue weighted by molar-refractivity contribution is -0.385. The third-order valence-electron chi connectivity index (χ3n) is 3.77. The second-order valence-electron chi connectivity index (χ2n) is 5.68. The summed E-state index contributed by atoms with van der Waals surface area (Å²) in [6, 6.07) is 0. The molecule has 1 aliphatic rings. The van der Waals surface area contributed by atoms with E-state index in [0.717, 1.165) is 19.2 Å². The summed E-state index contributed by atoms with van der Waals surface area (Å²) in [5.74, 6) is 0. The lowest BCUT2D eigenvalue weighted by Gasteiger charge is -2.23. The third kappa shape index (κ3) is 5.81. The van der Waals surface area contributed by atoms with Crippen molar-refractivity contribution in [3.05, 3.63) is 22.5 Å². The van der Waals surface area contributed by atoms with Crippen LogP contribution in [0.25, 0.3) is 0 Å². The summed E-state index contributed by atoms with van der Waals surface area (Å²) in [5.41, 5.74) is -0.116. The molecule has 2 rings (SSSR count). The molecule has 23 heavy (non-hydrogen) atoms. The lowest BCUT2D eigenvalue weighted by atomic mass is 10.3. The first kappa shape index (κ1) is 17.7. The van der Waals surface area contributed by atoms with E-state index in [4.69, 9.17) is 0 Å². The zero-order valence-electron chi connectivity index (χ0n) is 12.7. The molecule has 1 aromatic heterocycles. The van der Waals surface area contributed by atoms with E-state index < -0.39 is 17.5 Å². The fraction of sp³-hybridized carbons (Fsp3) is 0.769. The lowest BCUT2D eigenvalue weighted by Crippen LogP contribution is -2.38. The normalized spacial score (nSPS) is 19.0. The molecule has 1 saturated heterocycles. The van der Waals surface area contributed by atoms with Crippen molar-refractivity contribution < 1.29 is 18.8 Å². The summed E-state index contributed by atoms with van der Waals surface area (Å²) in [6.45, 7) is 2.85. The molecule has 10 heteroatoms. The van der Waals surface area contributed by atoms with E-state index in [1.807, 2.05) is 4.90 Å². The zero-order valence-corrected chi connectivity index (χ0v) is 12.7. The molecule has 8 nitrogen and oxygen atoms in total. The van der Waals surface area contributed by atoms with Crippen LogP contribution in [0.15, 0.2) is 12.4 Å². The minimum Gasteiger partial charge on any atom is -0.390 e. The van der Waals surface area contributed by atoms with Crippen LogP contribution < -0.4 is 0 Å². The second kappa shape index (κ2) is 8.27. The van der Waals surface area contributed by atoms with E-state index in [9.17, 15) is 24.0 Å². The van der Waals surface area contributed by atoms with Gasteiger partial charge in [0.2, 0.25) is 0 Å². The third-order valence-corrected chi connectivity index (χ3v) is 3.77. The molecule has 2 heterocycles. The van der Waals surface area contributed by atoms with Gasteiger partial charge in [0.1, 0.15) is 12.4 Å². The van der Waals surface area contributed by atoms with E-state index in [-0.39, 0.29) is 18.8 Å². The van der Waals surface area contributed by atoms with Crippen molar-refractivity contribution in [3.63, 3.8) is 0 Å². The Hall–Kier alpha value is -1.65. The number of nitro groups is 1. The number of β-amino-alcohol motifs (C(OH)–C–C–N with tert-alkyl or cyclic N) is 1. The number of halogens is 2. The summed E-state index contributed by atoms with van der Waals surface area (Å²) in [4.78, 5) is 13.8. The van der Waals surface area contributed by atoms with Crippen LogP contribution in [0.5, 0.6) is 0 Å². The number of hydrogen-bond acceptors (Lipinski definition) is 6. The smallest absolute Gasteiger partial charge is 0.306 e. The van der Waals surface area contributed by atoms with Gasteiger partial charge in [0, 0.05) is 19.6 Å². The number of aliphatic hydroxyl groups is 1. The molecular formula is C13H21F2N5O3. The van der Waals surface area contributed by atoms with Crippen LogP contribution in [0.1, 0.15) is 6.42 Å². The molecule has 1 atom stereocenters. The quantitative estimate of drug-likeness (QED) is 0.575. The van der Waals surface area contributed by atoms with Crippen molar-refractivity contribution in [1.29, 1.82) is 0 Å². The number of rotatable bonds is 7. The van der Waals surface area contributed by atoms with Crippen LogP contribution in [0.3, 0.4) is 0 Å². The molecule has 0 saturated carbocycles. The monoisotopic (exact) mass is 333 g/mol. The molecule has 1 aliphatic heterocycles. The molecule has 0 bridgehead atoms. The standard InChI is InChI=1S/C13H21F2N5O3/c14-13(15)10-18-3-1-2-17(4-5-18)8-12(21)9-19-7-11(6-16-19)20(22)23/h6-7,12-13,21H,1-5,8-10H2. The molecule has 1 unspecified atom stereocenters. The van der Waals surface area contributed by atoms with Crippen LogP contribution in [-0.2, 0) is 6.54 Å². The van der Waals surface area contributed by atoms with Crippen LogP contribution in [-0.4, -0.2) is 81.4 Å². The molecule has 0 spiro atoms. The molecule has 130 valence electrons. The van der Waals surface area contributed by atoms with E-state index in [2.05, 4.69) is 5.10 Å². The van der Waals surface area contributed by atoms with Gasteiger partial charge < -0.3 is 5.11 Å². The van der Waals surface area contributed by atoms with Crippen LogP contribution in [0.4, 0.5) is 14.5 Å². The molecular weight excluding hydrogens is 312 g/mol. The van der Waals surface area contributed by atoms with Crippen molar-refractivity contribution in [1.82, 2.24) is 19.6 Å². The molecule has 1 N–H and O–H groups in total. The summed E-state index contributed by atoms with van der Waals surface area (Å²) < 4.78 is 26.2. The van der Waals surface area contributed by atoms with Crippen molar-refractivity contribution in [3.8, 4) is 0 Å². The van der Waals surface area contributed by atoms with Gasteiger partial charge >= 0.3 is 5.69 Å². The Morgan fingerprint density at radius 1 is 1.22 bits per heavy atom. The molecule has 0 amide bonds. The Balaban J connectivity index is 1.78. The maximum Gasteiger partial charge on any atom is 0.306 e. The van der Waals surface area contributed by atoms with E-state index in [0.29, 0.717) is 26.2 Å². The largest absolute Gasteiger partial charge is 0.390 e. The Morgan fingerprint density at radius 2 is 1.87 bits per heavy atom. The summed E-state index contributed by atoms with van der Waals surface area (Å²) in [7, 11) is 0. The highest BCUT2D eigenvalue weighted by molar-refractivity contribution is 5.20. The summed E-state index contributed by atoms with van der Waals surface area (Å²) in [5, 5.41) is 24.5. The average Bonchev–Trinajstić information content (AvgIpc) is 2.82. The first-order valence-electron chi connectivity index (χ1n) is 7.52. The molecule has 1 aromatic rings. The highest BCUT2D eigenvalue weighted by atomic mass is 19.3. The topological polar surface area (TPSA) is 87.7 Å². The fourth-order valence-corrected chi connectivity index (χ4v) is 2.70. The minimum atomic E-state index is -2.33. The number of hydrogen-bond donors (Lipinski definition) is 1. The van der Waals surface area contributed by atoms with Gasteiger partial charge in [-0.15, -0.1) is 0 Å². The van der Waals surface area contributed by atoms with E-state index >= 15 is 0 Å². The van der Waals surface area contributed by atoms with Crippen LogP contribution in [0, 0.1) is 10.1 Å². The zero-order chi connectivity index (χ0) is 16.8. The first-order chi connectivity index (χ1) is 10.9. The predicted molar refractivity (Wildman–Crippen MR) is 78.4 cm³/mol. The number of aromatic nitrogens is 2. The van der Waals surface area contributed by atoms with E-state index in [1.54, 1.807) is 4.90 Å². The maximum absolute atomic E-state index is 12.4. The summed E-state index contributed by atoms with van der Waals surface area (Å²) >= 11 is 0. The van der Waals surface area contributed by atoms with E-state index in [1.165, 1.54) is 10.9 Å². The van der Waals surface area contributed by atoms with Gasteiger partial charge in [-0.2, -0.15) is 5.10 Å². The Morgan fingerprint density at radius 3 is 2.43 bits per heavy atom. The average molecular weight is 333 g/mol. The van der Waals surface area contributed by atoms with Crippen LogP contribution >= 0.6 is 0 Å². The molecule has 1 fully saturated rings. The van der Waals surface area contributed by atoms with Crippen molar-refractivity contribution in [2.75, 3.05) is 39.3 Å². The van der Waals surface area contributed by atoms with Gasteiger partial charge in [-0.25, -0.2) is 8.78 Å². The van der Waals surface area contributed by atoms with Gasteiger partial charge in [0.15, 0.2) is 0 Å². The number of alkyl halides is 2. The number of nitrogens with zero attached hydrogens (tertiary/aromatic N) is 5. The Labute approximate surface area is 132 Å². The highest BCUT2D eigenvalue weighted by Gasteiger charge is 2.20. The van der Waals surface area contributed by atoms with Gasteiger partial charge in [-0.3, -0.25) is 24.6 Å². The van der Waals surface area contributed by atoms with Crippen molar-refractivity contribution in [2.45, 2.75) is 25.5 Å². The minimum absolute atomic E-state index is 0.116. The summed E-state index contributed by atoms with van der Waals surface area (Å²) in [6.07, 6.45) is 0.128. The molecule has 0 aromatic carbocycles. The second-order valence-corrected chi connectivity index (χ2v) is 5.68. The SMILES string of the molecule is O=[N+]([O-])c1cnn(CC(O)CN2CCCN(CC(F)F)CC2)c1. The van der Waals surface area contributed by atoms with Gasteiger partial charge in [-0.1, -0.05) is 0 Å². The molecule has 0 radical (unpaired) electrons. The molecule has 0 aliphatic carbocycles. The number of aliphatic hydroxyl groups excluding tert-OH is 1. The fourth-order valence-electron chi connectivity index (χ4n) is 2.70. The first-order valence-corrected chi connectivity index (χ1v) is 7.52. The maximum atomic E-state index is 12.4. The Bertz CT molecular complexity index is 514. The van der Waals surface area contributed by atoms with Gasteiger partial charge in [0.05, 0.1) is 24.1 Å². The predicted octanol–water partition coefficient (Wildman–Crippen LogP) is 0.425. The Kier molecular flexibility index (Phi) is 6.37.